The van der Waals surface area contributed by atoms with Gasteiger partial charge in [0.1, 0.15) is 5.76 Å². The van der Waals surface area contributed by atoms with Crippen LogP contribution in [0, 0.1) is 13.8 Å². The fourth-order valence-corrected chi connectivity index (χ4v) is 1.76. The van der Waals surface area contributed by atoms with E-state index in [2.05, 4.69) is 15.3 Å². The van der Waals surface area contributed by atoms with Crippen LogP contribution in [0.3, 0.4) is 0 Å². The van der Waals surface area contributed by atoms with E-state index in [0.29, 0.717) is 24.9 Å². The molecule has 2 heterocycles. The van der Waals surface area contributed by atoms with Gasteiger partial charge in [-0.15, -0.1) is 0 Å². The van der Waals surface area contributed by atoms with Gasteiger partial charge in [-0.3, -0.25) is 0 Å². The van der Waals surface area contributed by atoms with Gasteiger partial charge in [0.05, 0.1) is 13.2 Å². The fourth-order valence-electron chi connectivity index (χ4n) is 1.76. The summed E-state index contributed by atoms with van der Waals surface area (Å²) in [5.41, 5.74) is 1.79. The first kappa shape index (κ1) is 14.0. The SMILES string of the molecule is CCOC(=O)c1ccc(CNc2nc(C)cc(C)n2)o1. The molecule has 0 atom stereocenters. The molecule has 6 nitrogen and oxygen atoms in total. The predicted molar refractivity (Wildman–Crippen MR) is 73.5 cm³/mol. The quantitative estimate of drug-likeness (QED) is 0.845. The van der Waals surface area contributed by atoms with Gasteiger partial charge >= 0.3 is 5.97 Å². The molecule has 0 amide bonds. The average molecular weight is 275 g/mol. The monoisotopic (exact) mass is 275 g/mol. The van der Waals surface area contributed by atoms with Crippen LogP contribution < -0.4 is 5.32 Å². The number of aromatic nitrogens is 2. The number of hydrogen-bond acceptors (Lipinski definition) is 6. The topological polar surface area (TPSA) is 77.2 Å². The van der Waals surface area contributed by atoms with E-state index in [1.165, 1.54) is 0 Å². The summed E-state index contributed by atoms with van der Waals surface area (Å²) in [5.74, 6) is 0.902. The number of nitrogens with one attached hydrogen (secondary N) is 1. The molecule has 0 bridgehead atoms. The minimum absolute atomic E-state index is 0.199. The van der Waals surface area contributed by atoms with E-state index in [-0.39, 0.29) is 5.76 Å². The molecular formula is C14H17N3O3. The number of nitrogens with zero attached hydrogens (tertiary/aromatic N) is 2. The van der Waals surface area contributed by atoms with Crippen molar-refractivity contribution in [2.75, 3.05) is 11.9 Å². The number of ether oxygens (including phenoxy) is 1. The zero-order chi connectivity index (χ0) is 14.5. The summed E-state index contributed by atoms with van der Waals surface area (Å²) in [7, 11) is 0. The molecule has 0 aromatic carbocycles. The van der Waals surface area contributed by atoms with E-state index in [4.69, 9.17) is 9.15 Å². The second-order valence-electron chi connectivity index (χ2n) is 4.31. The summed E-state index contributed by atoms with van der Waals surface area (Å²) in [4.78, 5) is 20.0. The molecule has 0 aliphatic carbocycles. The van der Waals surface area contributed by atoms with E-state index in [1.807, 2.05) is 19.9 Å². The Morgan fingerprint density at radius 1 is 1.30 bits per heavy atom. The molecule has 0 saturated heterocycles. The molecule has 0 aliphatic heterocycles. The minimum Gasteiger partial charge on any atom is -0.460 e. The average Bonchev–Trinajstić information content (AvgIpc) is 2.84. The van der Waals surface area contributed by atoms with Gasteiger partial charge in [0.25, 0.3) is 0 Å². The van der Waals surface area contributed by atoms with Gasteiger partial charge < -0.3 is 14.5 Å². The third-order valence-electron chi connectivity index (χ3n) is 2.54. The lowest BCUT2D eigenvalue weighted by Crippen LogP contribution is -2.05. The zero-order valence-corrected chi connectivity index (χ0v) is 11.8. The molecular weight excluding hydrogens is 258 g/mol. The van der Waals surface area contributed by atoms with Gasteiger partial charge in [-0.05, 0) is 39.0 Å². The van der Waals surface area contributed by atoms with Crippen molar-refractivity contribution in [2.24, 2.45) is 0 Å². The highest BCUT2D eigenvalue weighted by molar-refractivity contribution is 5.86. The molecule has 1 N–H and O–H groups in total. The zero-order valence-electron chi connectivity index (χ0n) is 11.8. The lowest BCUT2D eigenvalue weighted by atomic mass is 10.3. The van der Waals surface area contributed by atoms with Gasteiger partial charge in [0.15, 0.2) is 0 Å². The second kappa shape index (κ2) is 6.18. The third kappa shape index (κ3) is 3.57. The maximum Gasteiger partial charge on any atom is 0.374 e. The predicted octanol–water partition coefficient (Wildman–Crippen LogP) is 2.48. The number of anilines is 1. The summed E-state index contributed by atoms with van der Waals surface area (Å²) >= 11 is 0. The molecule has 106 valence electrons. The molecule has 20 heavy (non-hydrogen) atoms. The van der Waals surface area contributed by atoms with Crippen LogP contribution in [-0.2, 0) is 11.3 Å². The van der Waals surface area contributed by atoms with Crippen molar-refractivity contribution in [3.05, 3.63) is 41.1 Å². The highest BCUT2D eigenvalue weighted by atomic mass is 16.5. The van der Waals surface area contributed by atoms with Crippen LogP contribution in [0.2, 0.25) is 0 Å². The van der Waals surface area contributed by atoms with Crippen molar-refractivity contribution in [2.45, 2.75) is 27.3 Å². The Kier molecular flexibility index (Phi) is 4.34. The summed E-state index contributed by atoms with van der Waals surface area (Å²) in [6, 6.07) is 5.22. The van der Waals surface area contributed by atoms with Crippen LogP contribution in [-0.4, -0.2) is 22.5 Å². The maximum absolute atomic E-state index is 11.5. The molecule has 2 aromatic rings. The number of furan rings is 1. The number of hydrogen-bond donors (Lipinski definition) is 1. The van der Waals surface area contributed by atoms with Gasteiger partial charge in [0, 0.05) is 11.4 Å². The fraction of sp³-hybridized carbons (Fsp3) is 0.357. The van der Waals surface area contributed by atoms with Crippen molar-refractivity contribution in [3.63, 3.8) is 0 Å². The van der Waals surface area contributed by atoms with Crippen LogP contribution in [0.4, 0.5) is 5.95 Å². The molecule has 0 fully saturated rings. The van der Waals surface area contributed by atoms with Crippen LogP contribution >= 0.6 is 0 Å². The third-order valence-corrected chi connectivity index (χ3v) is 2.54. The summed E-state index contributed by atoms with van der Waals surface area (Å²) in [6.45, 7) is 6.30. The molecule has 6 heteroatoms. The highest BCUT2D eigenvalue weighted by Crippen LogP contribution is 2.11. The number of carbonyl (C=O) groups excluding carboxylic acids is 1. The van der Waals surface area contributed by atoms with Crippen molar-refractivity contribution in [1.82, 2.24) is 9.97 Å². The first-order chi connectivity index (χ1) is 9.58. The Hall–Kier alpha value is -2.37. The van der Waals surface area contributed by atoms with Gasteiger partial charge in [-0.25, -0.2) is 14.8 Å². The van der Waals surface area contributed by atoms with Crippen molar-refractivity contribution in [1.29, 1.82) is 0 Å². The Morgan fingerprint density at radius 2 is 2.00 bits per heavy atom. The summed E-state index contributed by atoms with van der Waals surface area (Å²) in [5, 5.41) is 3.06. The van der Waals surface area contributed by atoms with E-state index < -0.39 is 5.97 Å². The van der Waals surface area contributed by atoms with Crippen LogP contribution in [0.15, 0.2) is 22.6 Å². The van der Waals surface area contributed by atoms with Crippen LogP contribution in [0.5, 0.6) is 0 Å². The Morgan fingerprint density at radius 3 is 2.65 bits per heavy atom. The summed E-state index contributed by atoms with van der Waals surface area (Å²) < 4.78 is 10.2. The maximum atomic E-state index is 11.5. The number of esters is 1. The Balaban J connectivity index is 1.99. The molecule has 0 unspecified atom stereocenters. The van der Waals surface area contributed by atoms with E-state index >= 15 is 0 Å². The van der Waals surface area contributed by atoms with Gasteiger partial charge in [-0.2, -0.15) is 0 Å². The van der Waals surface area contributed by atoms with Gasteiger partial charge in [0.2, 0.25) is 11.7 Å². The first-order valence-electron chi connectivity index (χ1n) is 6.40. The Bertz CT molecular complexity index is 587. The van der Waals surface area contributed by atoms with Gasteiger partial charge in [-0.1, -0.05) is 0 Å². The molecule has 0 saturated carbocycles. The van der Waals surface area contributed by atoms with Crippen molar-refractivity contribution in [3.8, 4) is 0 Å². The highest BCUT2D eigenvalue weighted by Gasteiger charge is 2.12. The summed E-state index contributed by atoms with van der Waals surface area (Å²) in [6.07, 6.45) is 0. The van der Waals surface area contributed by atoms with Crippen LogP contribution in [0.25, 0.3) is 0 Å². The molecule has 2 rings (SSSR count). The largest absolute Gasteiger partial charge is 0.460 e. The molecule has 2 aromatic heterocycles. The lowest BCUT2D eigenvalue weighted by Gasteiger charge is -2.04. The normalized spacial score (nSPS) is 10.3. The number of aryl methyl sites for hydroxylation is 2. The van der Waals surface area contributed by atoms with E-state index in [0.717, 1.165) is 11.4 Å². The molecule has 0 spiro atoms. The van der Waals surface area contributed by atoms with Crippen molar-refractivity contribution < 1.29 is 13.9 Å². The van der Waals surface area contributed by atoms with Crippen molar-refractivity contribution >= 4 is 11.9 Å². The van der Waals surface area contributed by atoms with E-state index in [1.54, 1.807) is 19.1 Å². The van der Waals surface area contributed by atoms with Crippen LogP contribution in [0.1, 0.15) is 34.6 Å². The minimum atomic E-state index is -0.457. The standard InChI is InChI=1S/C14H17N3O3/c1-4-19-13(18)12-6-5-11(20-12)8-15-14-16-9(2)7-10(3)17-14/h5-7H,4,8H2,1-3H3,(H,15,16,17). The molecule has 0 aliphatic rings. The number of carbonyl (C=O) groups is 1. The smallest absolute Gasteiger partial charge is 0.374 e. The lowest BCUT2D eigenvalue weighted by molar-refractivity contribution is 0.0488. The number of rotatable bonds is 5. The molecule has 0 radical (unpaired) electrons. The second-order valence-corrected chi connectivity index (χ2v) is 4.31. The Labute approximate surface area is 117 Å². The van der Waals surface area contributed by atoms with E-state index in [9.17, 15) is 4.79 Å². The first-order valence-corrected chi connectivity index (χ1v) is 6.40.